The number of rotatable bonds is 8. The summed E-state index contributed by atoms with van der Waals surface area (Å²) in [5.74, 6) is 0. The van der Waals surface area contributed by atoms with E-state index in [0.29, 0.717) is 6.54 Å². The van der Waals surface area contributed by atoms with Crippen LogP contribution in [0.15, 0.2) is 28.7 Å². The van der Waals surface area contributed by atoms with Gasteiger partial charge in [-0.3, -0.25) is 0 Å². The Bertz CT molecular complexity index is 493. The highest BCUT2D eigenvalue weighted by Gasteiger charge is 2.26. The normalized spacial score (nSPS) is 12.8. The minimum Gasteiger partial charge on any atom is -0.444 e. The van der Waals surface area contributed by atoms with Crippen LogP contribution in [0.3, 0.4) is 0 Å². The molecule has 0 aliphatic heterocycles. The van der Waals surface area contributed by atoms with Gasteiger partial charge in [0, 0.05) is 17.1 Å². The zero-order valence-electron chi connectivity index (χ0n) is 15.8. The number of hydrogen-bond donors (Lipinski definition) is 0. The monoisotopic (exact) mass is 397 g/mol. The highest BCUT2D eigenvalue weighted by atomic mass is 79.9. The molecule has 0 aromatic heterocycles. The number of unbranched alkanes of at least 4 members (excludes halogenated alkanes) is 3. The Morgan fingerprint density at radius 2 is 1.79 bits per heavy atom. The molecule has 0 fully saturated rings. The Labute approximate surface area is 155 Å². The van der Waals surface area contributed by atoms with E-state index in [4.69, 9.17) is 4.74 Å². The van der Waals surface area contributed by atoms with Crippen molar-refractivity contribution < 1.29 is 9.53 Å². The molecule has 0 aliphatic rings. The van der Waals surface area contributed by atoms with Crippen molar-refractivity contribution in [3.63, 3.8) is 0 Å². The number of carbonyl (C=O) groups excluding carboxylic acids is 1. The van der Waals surface area contributed by atoms with Crippen LogP contribution in [0, 0.1) is 0 Å². The van der Waals surface area contributed by atoms with Crippen molar-refractivity contribution in [2.75, 3.05) is 0 Å². The third kappa shape index (κ3) is 8.18. The average molecular weight is 398 g/mol. The van der Waals surface area contributed by atoms with Crippen LogP contribution in [-0.4, -0.2) is 22.6 Å². The fourth-order valence-corrected chi connectivity index (χ4v) is 2.79. The van der Waals surface area contributed by atoms with Gasteiger partial charge < -0.3 is 9.64 Å². The fraction of sp³-hybridized carbons (Fsp3) is 0.650. The van der Waals surface area contributed by atoms with E-state index < -0.39 is 5.60 Å². The number of nitrogens with zero attached hydrogens (tertiary/aromatic N) is 1. The summed E-state index contributed by atoms with van der Waals surface area (Å²) in [6.45, 7) is 10.6. The lowest BCUT2D eigenvalue weighted by molar-refractivity contribution is 0.0146. The quantitative estimate of drug-likeness (QED) is 0.465. The maximum Gasteiger partial charge on any atom is 0.410 e. The van der Waals surface area contributed by atoms with E-state index in [9.17, 15) is 4.79 Å². The number of carbonyl (C=O) groups is 1. The summed E-state index contributed by atoms with van der Waals surface area (Å²) in [7, 11) is 0. The van der Waals surface area contributed by atoms with Crippen LogP contribution < -0.4 is 0 Å². The van der Waals surface area contributed by atoms with Gasteiger partial charge in [-0.25, -0.2) is 4.79 Å². The van der Waals surface area contributed by atoms with Gasteiger partial charge in [0.1, 0.15) is 5.60 Å². The van der Waals surface area contributed by atoms with E-state index in [1.165, 1.54) is 19.3 Å². The standard InChI is InChI=1S/C20H32BrNO2/c1-6-7-8-9-10-16(2)22(19(23)24-20(3,4)5)15-17-11-13-18(21)14-12-17/h11-14,16H,6-10,15H2,1-5H3. The van der Waals surface area contributed by atoms with Gasteiger partial charge in [-0.1, -0.05) is 60.7 Å². The molecular weight excluding hydrogens is 366 g/mol. The molecule has 0 aliphatic carbocycles. The minimum absolute atomic E-state index is 0.167. The summed E-state index contributed by atoms with van der Waals surface area (Å²) < 4.78 is 6.67. The number of hydrogen-bond acceptors (Lipinski definition) is 2. The summed E-state index contributed by atoms with van der Waals surface area (Å²) in [5, 5.41) is 0. The van der Waals surface area contributed by atoms with E-state index in [2.05, 4.69) is 29.8 Å². The van der Waals surface area contributed by atoms with Crippen LogP contribution in [0.25, 0.3) is 0 Å². The molecule has 1 aromatic rings. The molecule has 1 atom stereocenters. The number of benzene rings is 1. The summed E-state index contributed by atoms with van der Waals surface area (Å²) >= 11 is 3.45. The molecule has 0 spiro atoms. The molecule has 1 rings (SSSR count). The molecule has 0 radical (unpaired) electrons. The highest BCUT2D eigenvalue weighted by Crippen LogP contribution is 2.19. The smallest absolute Gasteiger partial charge is 0.410 e. The Kier molecular flexibility index (Phi) is 8.82. The third-order valence-corrected chi connectivity index (χ3v) is 4.43. The summed E-state index contributed by atoms with van der Waals surface area (Å²) in [4.78, 5) is 14.5. The topological polar surface area (TPSA) is 29.5 Å². The van der Waals surface area contributed by atoms with Crippen molar-refractivity contribution in [3.8, 4) is 0 Å². The van der Waals surface area contributed by atoms with Crippen LogP contribution in [0.1, 0.15) is 72.3 Å². The van der Waals surface area contributed by atoms with E-state index in [1.54, 1.807) is 0 Å². The largest absolute Gasteiger partial charge is 0.444 e. The molecule has 1 aromatic carbocycles. The fourth-order valence-electron chi connectivity index (χ4n) is 2.53. The first-order valence-electron chi connectivity index (χ1n) is 8.97. The summed E-state index contributed by atoms with van der Waals surface area (Å²) in [6.07, 6.45) is 5.63. The first-order valence-corrected chi connectivity index (χ1v) is 9.76. The van der Waals surface area contributed by atoms with Crippen molar-refractivity contribution in [2.45, 2.75) is 84.9 Å². The van der Waals surface area contributed by atoms with E-state index in [0.717, 1.165) is 22.9 Å². The molecule has 0 bridgehead atoms. The predicted molar refractivity (Wildman–Crippen MR) is 104 cm³/mol. The van der Waals surface area contributed by atoms with Crippen molar-refractivity contribution in [3.05, 3.63) is 34.3 Å². The van der Waals surface area contributed by atoms with E-state index >= 15 is 0 Å². The summed E-state index contributed by atoms with van der Waals surface area (Å²) in [6, 6.07) is 8.28. The second kappa shape index (κ2) is 10.1. The predicted octanol–water partition coefficient (Wildman–Crippen LogP) is 6.55. The van der Waals surface area contributed by atoms with Crippen LogP contribution in [0.5, 0.6) is 0 Å². The Balaban J connectivity index is 2.77. The Morgan fingerprint density at radius 3 is 2.33 bits per heavy atom. The molecule has 1 unspecified atom stereocenters. The van der Waals surface area contributed by atoms with Gasteiger partial charge in [-0.15, -0.1) is 0 Å². The molecule has 1 amide bonds. The first kappa shape index (κ1) is 21.0. The maximum absolute atomic E-state index is 12.7. The molecular formula is C20H32BrNO2. The van der Waals surface area contributed by atoms with Gasteiger partial charge in [0.15, 0.2) is 0 Å². The van der Waals surface area contributed by atoms with Crippen LogP contribution in [0.4, 0.5) is 4.79 Å². The van der Waals surface area contributed by atoms with Gasteiger partial charge in [-0.05, 0) is 51.8 Å². The lowest BCUT2D eigenvalue weighted by atomic mass is 10.1. The third-order valence-electron chi connectivity index (χ3n) is 3.90. The zero-order chi connectivity index (χ0) is 18.2. The maximum atomic E-state index is 12.7. The van der Waals surface area contributed by atoms with E-state index in [1.807, 2.05) is 49.9 Å². The molecule has 24 heavy (non-hydrogen) atoms. The summed E-state index contributed by atoms with van der Waals surface area (Å²) in [5.41, 5.74) is 0.640. The SMILES string of the molecule is CCCCCCC(C)N(Cc1ccc(Br)cc1)C(=O)OC(C)(C)C. The zero-order valence-corrected chi connectivity index (χ0v) is 17.4. The van der Waals surface area contributed by atoms with Crippen molar-refractivity contribution >= 4 is 22.0 Å². The number of ether oxygens (including phenoxy) is 1. The van der Waals surface area contributed by atoms with Gasteiger partial charge in [0.2, 0.25) is 0 Å². The first-order chi connectivity index (χ1) is 11.2. The molecule has 4 heteroatoms. The van der Waals surface area contributed by atoms with Gasteiger partial charge in [0.25, 0.3) is 0 Å². The van der Waals surface area contributed by atoms with Gasteiger partial charge in [0.05, 0.1) is 0 Å². The Morgan fingerprint density at radius 1 is 1.17 bits per heavy atom. The van der Waals surface area contributed by atoms with Crippen molar-refractivity contribution in [2.24, 2.45) is 0 Å². The second-order valence-electron chi connectivity index (χ2n) is 7.43. The highest BCUT2D eigenvalue weighted by molar-refractivity contribution is 9.10. The molecule has 0 heterocycles. The van der Waals surface area contributed by atoms with Gasteiger partial charge in [-0.2, -0.15) is 0 Å². The van der Waals surface area contributed by atoms with Crippen LogP contribution >= 0.6 is 15.9 Å². The van der Waals surface area contributed by atoms with Gasteiger partial charge >= 0.3 is 6.09 Å². The van der Waals surface area contributed by atoms with Crippen molar-refractivity contribution in [1.29, 1.82) is 0 Å². The lowest BCUT2D eigenvalue weighted by Crippen LogP contribution is -2.41. The van der Waals surface area contributed by atoms with Crippen molar-refractivity contribution in [1.82, 2.24) is 4.90 Å². The second-order valence-corrected chi connectivity index (χ2v) is 8.35. The van der Waals surface area contributed by atoms with Crippen LogP contribution in [0.2, 0.25) is 0 Å². The minimum atomic E-state index is -0.475. The number of halogens is 1. The molecule has 0 N–H and O–H groups in total. The Hall–Kier alpha value is -1.03. The molecule has 136 valence electrons. The lowest BCUT2D eigenvalue weighted by Gasteiger charge is -2.32. The van der Waals surface area contributed by atoms with E-state index in [-0.39, 0.29) is 12.1 Å². The molecule has 0 saturated heterocycles. The van der Waals surface area contributed by atoms with Crippen LogP contribution in [-0.2, 0) is 11.3 Å². The molecule has 0 saturated carbocycles. The average Bonchev–Trinajstić information content (AvgIpc) is 2.49. The molecule has 3 nitrogen and oxygen atoms in total. The number of amides is 1.